The number of rotatable bonds is 10. The molecule has 0 saturated heterocycles. The second-order valence-electron chi connectivity index (χ2n) is 5.13. The highest BCUT2D eigenvalue weighted by molar-refractivity contribution is 5.96. The summed E-state index contributed by atoms with van der Waals surface area (Å²) in [5.74, 6) is -0.428. The van der Waals surface area contributed by atoms with E-state index in [1.54, 1.807) is 12.1 Å². The van der Waals surface area contributed by atoms with Gasteiger partial charge in [0.15, 0.2) is 12.5 Å². The van der Waals surface area contributed by atoms with Crippen LogP contribution in [0.15, 0.2) is 24.3 Å². The Hall–Kier alpha value is -1.18. The molecule has 0 aliphatic rings. The Morgan fingerprint density at radius 3 is 2.11 bits per heavy atom. The van der Waals surface area contributed by atoms with Crippen molar-refractivity contribution in [2.45, 2.75) is 58.3 Å². The largest absolute Gasteiger partial charge is 0.291 e. The minimum Gasteiger partial charge on any atom is -0.291 e. The number of hydrogen-bond acceptors (Lipinski definition) is 1. The molecule has 1 rings (SSSR count). The topological polar surface area (TPSA) is 17.1 Å². The van der Waals surface area contributed by atoms with E-state index in [9.17, 15) is 9.18 Å². The molecular weight excluding hydrogens is 239 g/mol. The normalized spacial score (nSPS) is 10.6. The van der Waals surface area contributed by atoms with Crippen molar-refractivity contribution in [3.05, 3.63) is 35.4 Å². The number of carbonyl (C=O) groups excluding carboxylic acids is 1. The van der Waals surface area contributed by atoms with Crippen LogP contribution in [0.1, 0.15) is 67.8 Å². The molecular formula is C17H25FO. The minimum atomic E-state index is -0.906. The van der Waals surface area contributed by atoms with Gasteiger partial charge in [0.05, 0.1) is 0 Å². The van der Waals surface area contributed by atoms with Gasteiger partial charge in [-0.3, -0.25) is 4.79 Å². The fourth-order valence-corrected chi connectivity index (χ4v) is 2.22. The molecule has 0 atom stereocenters. The Balaban J connectivity index is 2.18. The van der Waals surface area contributed by atoms with Crippen LogP contribution in [0.25, 0.3) is 0 Å². The number of benzene rings is 1. The summed E-state index contributed by atoms with van der Waals surface area (Å²) in [5, 5.41) is 0. The van der Waals surface area contributed by atoms with Gasteiger partial charge in [-0.1, -0.05) is 69.7 Å². The number of halogens is 1. The van der Waals surface area contributed by atoms with Crippen molar-refractivity contribution < 1.29 is 9.18 Å². The molecule has 0 radical (unpaired) electrons. The molecule has 1 nitrogen and oxygen atoms in total. The lowest BCUT2D eigenvalue weighted by Gasteiger charge is -2.03. The molecule has 1 aromatic carbocycles. The fourth-order valence-electron chi connectivity index (χ4n) is 2.22. The van der Waals surface area contributed by atoms with E-state index < -0.39 is 12.5 Å². The molecule has 1 aromatic rings. The third kappa shape index (κ3) is 6.51. The Morgan fingerprint density at radius 2 is 1.53 bits per heavy atom. The van der Waals surface area contributed by atoms with Crippen molar-refractivity contribution in [2.24, 2.45) is 0 Å². The van der Waals surface area contributed by atoms with Crippen LogP contribution in [0.3, 0.4) is 0 Å². The van der Waals surface area contributed by atoms with Crippen LogP contribution in [0.4, 0.5) is 4.39 Å². The third-order valence-electron chi connectivity index (χ3n) is 3.47. The van der Waals surface area contributed by atoms with Crippen molar-refractivity contribution in [2.75, 3.05) is 6.67 Å². The van der Waals surface area contributed by atoms with Gasteiger partial charge in [0.2, 0.25) is 0 Å². The second kappa shape index (κ2) is 9.71. The lowest BCUT2D eigenvalue weighted by molar-refractivity contribution is 0.0958. The van der Waals surface area contributed by atoms with E-state index in [-0.39, 0.29) is 0 Å². The highest BCUT2D eigenvalue weighted by Gasteiger charge is 2.04. The summed E-state index contributed by atoms with van der Waals surface area (Å²) in [7, 11) is 0. The van der Waals surface area contributed by atoms with Crippen LogP contribution in [-0.4, -0.2) is 12.5 Å². The SMILES string of the molecule is CCCCCCCCCc1ccc(C(=O)CF)cc1. The van der Waals surface area contributed by atoms with E-state index >= 15 is 0 Å². The Labute approximate surface area is 116 Å². The first-order chi connectivity index (χ1) is 9.27. The maximum absolute atomic E-state index is 12.2. The summed E-state index contributed by atoms with van der Waals surface area (Å²) in [6.45, 7) is 1.33. The second-order valence-corrected chi connectivity index (χ2v) is 5.13. The van der Waals surface area contributed by atoms with Crippen molar-refractivity contribution >= 4 is 5.78 Å². The van der Waals surface area contributed by atoms with Gasteiger partial charge in [-0.05, 0) is 18.4 Å². The molecule has 0 unspecified atom stereocenters. The summed E-state index contributed by atoms with van der Waals surface area (Å²) in [6, 6.07) is 7.36. The van der Waals surface area contributed by atoms with Crippen molar-refractivity contribution in [3.63, 3.8) is 0 Å². The number of carbonyl (C=O) groups is 1. The van der Waals surface area contributed by atoms with Gasteiger partial charge in [0.1, 0.15) is 0 Å². The molecule has 0 bridgehead atoms. The van der Waals surface area contributed by atoms with Gasteiger partial charge >= 0.3 is 0 Å². The minimum absolute atomic E-state index is 0.428. The summed E-state index contributed by atoms with van der Waals surface area (Å²) >= 11 is 0. The summed E-state index contributed by atoms with van der Waals surface area (Å²) in [5.41, 5.74) is 1.72. The molecule has 0 amide bonds. The standard InChI is InChI=1S/C17H25FO/c1-2-3-4-5-6-7-8-9-15-10-12-16(13-11-15)17(19)14-18/h10-13H,2-9,14H2,1H3. The Kier molecular flexibility index (Phi) is 8.11. The van der Waals surface area contributed by atoms with Crippen LogP contribution < -0.4 is 0 Å². The van der Waals surface area contributed by atoms with E-state index in [1.165, 1.54) is 50.5 Å². The van der Waals surface area contributed by atoms with Crippen LogP contribution in [0, 0.1) is 0 Å². The van der Waals surface area contributed by atoms with Gasteiger partial charge in [0, 0.05) is 5.56 Å². The molecule has 0 heterocycles. The van der Waals surface area contributed by atoms with Crippen LogP contribution >= 0.6 is 0 Å². The average molecular weight is 264 g/mol. The lowest BCUT2D eigenvalue weighted by atomic mass is 10.0. The number of hydrogen-bond donors (Lipinski definition) is 0. The van der Waals surface area contributed by atoms with Gasteiger partial charge in [-0.2, -0.15) is 0 Å². The van der Waals surface area contributed by atoms with Crippen molar-refractivity contribution in [3.8, 4) is 0 Å². The number of ketones is 1. The third-order valence-corrected chi connectivity index (χ3v) is 3.47. The molecule has 0 aliphatic carbocycles. The number of unbranched alkanes of at least 4 members (excludes halogenated alkanes) is 6. The molecule has 2 heteroatoms. The first-order valence-electron chi connectivity index (χ1n) is 7.46. The Bertz CT molecular complexity index is 356. The number of alkyl halides is 1. The zero-order valence-corrected chi connectivity index (χ0v) is 12.0. The van der Waals surface area contributed by atoms with E-state index in [0.717, 1.165) is 6.42 Å². The smallest absolute Gasteiger partial charge is 0.193 e. The molecule has 0 spiro atoms. The summed E-state index contributed by atoms with van der Waals surface area (Å²) < 4.78 is 12.2. The zero-order chi connectivity index (χ0) is 13.9. The Morgan fingerprint density at radius 1 is 0.947 bits per heavy atom. The molecule has 0 fully saturated rings. The number of aryl methyl sites for hydroxylation is 1. The predicted octanol–water partition coefficient (Wildman–Crippen LogP) is 5.13. The van der Waals surface area contributed by atoms with Crippen LogP contribution in [0.5, 0.6) is 0 Å². The first kappa shape index (κ1) is 15.9. The van der Waals surface area contributed by atoms with Gasteiger partial charge in [-0.15, -0.1) is 0 Å². The van der Waals surface area contributed by atoms with Crippen LogP contribution in [0.2, 0.25) is 0 Å². The highest BCUT2D eigenvalue weighted by Crippen LogP contribution is 2.12. The van der Waals surface area contributed by atoms with E-state index in [1.807, 2.05) is 12.1 Å². The average Bonchev–Trinajstić information content (AvgIpc) is 2.46. The van der Waals surface area contributed by atoms with Gasteiger partial charge in [-0.25, -0.2) is 4.39 Å². The summed E-state index contributed by atoms with van der Waals surface area (Å²) in [4.78, 5) is 11.1. The highest BCUT2D eigenvalue weighted by atomic mass is 19.1. The monoisotopic (exact) mass is 264 g/mol. The molecule has 19 heavy (non-hydrogen) atoms. The predicted molar refractivity (Wildman–Crippen MR) is 78.4 cm³/mol. The van der Waals surface area contributed by atoms with Crippen molar-refractivity contribution in [1.29, 1.82) is 0 Å². The molecule has 106 valence electrons. The van der Waals surface area contributed by atoms with Crippen LogP contribution in [-0.2, 0) is 6.42 Å². The molecule has 0 aliphatic heterocycles. The molecule has 0 aromatic heterocycles. The molecule has 0 saturated carbocycles. The van der Waals surface area contributed by atoms with Gasteiger partial charge < -0.3 is 0 Å². The van der Waals surface area contributed by atoms with Gasteiger partial charge in [0.25, 0.3) is 0 Å². The zero-order valence-electron chi connectivity index (χ0n) is 12.0. The van der Waals surface area contributed by atoms with E-state index in [2.05, 4.69) is 6.92 Å². The lowest BCUT2D eigenvalue weighted by Crippen LogP contribution is -2.00. The fraction of sp³-hybridized carbons (Fsp3) is 0.588. The molecule has 0 N–H and O–H groups in total. The summed E-state index contributed by atoms with van der Waals surface area (Å²) in [6.07, 6.45) is 10.2. The number of Topliss-reactive ketones (excluding diaryl/α,β-unsaturated/α-hetero) is 1. The maximum atomic E-state index is 12.2. The van der Waals surface area contributed by atoms with E-state index in [0.29, 0.717) is 5.56 Å². The quantitative estimate of drug-likeness (QED) is 0.423. The maximum Gasteiger partial charge on any atom is 0.193 e. The van der Waals surface area contributed by atoms with E-state index in [4.69, 9.17) is 0 Å². The van der Waals surface area contributed by atoms with Crippen molar-refractivity contribution in [1.82, 2.24) is 0 Å². The first-order valence-corrected chi connectivity index (χ1v) is 7.46.